The highest BCUT2D eigenvalue weighted by atomic mass is 32.2. The summed E-state index contributed by atoms with van der Waals surface area (Å²) in [6, 6.07) is 11.2. The van der Waals surface area contributed by atoms with Crippen LogP contribution in [0.2, 0.25) is 0 Å². The van der Waals surface area contributed by atoms with Crippen molar-refractivity contribution in [2.75, 3.05) is 0 Å². The lowest BCUT2D eigenvalue weighted by Gasteiger charge is -1.95. The molecule has 1 aliphatic rings. The number of hydrogen-bond donors (Lipinski definition) is 0. The highest BCUT2D eigenvalue weighted by molar-refractivity contribution is 8.00. The standard InChI is InChI=1S/C9H9S/c1-2-4-8(5-3-1)10-9-6-7-9/h2-5,9H,6-7H2. The molecule has 0 bridgehead atoms. The second kappa shape index (κ2) is 2.67. The molecule has 0 heterocycles. The second-order valence-corrected chi connectivity index (χ2v) is 3.93. The predicted molar refractivity (Wildman–Crippen MR) is 44.2 cm³/mol. The van der Waals surface area contributed by atoms with Gasteiger partial charge in [0, 0.05) is 10.1 Å². The first-order valence-electron chi connectivity index (χ1n) is 3.58. The van der Waals surface area contributed by atoms with Crippen LogP contribution in [0.25, 0.3) is 0 Å². The molecule has 0 aromatic heterocycles. The summed E-state index contributed by atoms with van der Waals surface area (Å²) in [5.74, 6) is 0. The molecule has 0 aliphatic heterocycles. The molecular weight excluding hydrogens is 140 g/mol. The van der Waals surface area contributed by atoms with Crippen molar-refractivity contribution in [1.82, 2.24) is 0 Å². The minimum absolute atomic E-state index is 0.919. The summed E-state index contributed by atoms with van der Waals surface area (Å²) in [7, 11) is 0. The van der Waals surface area contributed by atoms with E-state index < -0.39 is 0 Å². The summed E-state index contributed by atoms with van der Waals surface area (Å²) in [4.78, 5) is 1.39. The van der Waals surface area contributed by atoms with Crippen LogP contribution in [-0.2, 0) is 0 Å². The predicted octanol–water partition coefficient (Wildman–Crippen LogP) is 2.74. The van der Waals surface area contributed by atoms with Gasteiger partial charge in [-0.1, -0.05) is 12.1 Å². The monoisotopic (exact) mass is 149 g/mol. The highest BCUT2D eigenvalue weighted by Gasteiger charge is 2.21. The zero-order valence-electron chi connectivity index (χ0n) is 5.71. The summed E-state index contributed by atoms with van der Waals surface area (Å²) in [5.41, 5.74) is 0. The van der Waals surface area contributed by atoms with Gasteiger partial charge in [0.1, 0.15) is 0 Å². The normalized spacial score (nSPS) is 17.2. The fraction of sp³-hybridized carbons (Fsp3) is 0.333. The minimum Gasteiger partial charge on any atom is -0.123 e. The zero-order chi connectivity index (χ0) is 6.81. The molecule has 2 rings (SSSR count). The van der Waals surface area contributed by atoms with Gasteiger partial charge >= 0.3 is 0 Å². The summed E-state index contributed by atoms with van der Waals surface area (Å²) >= 11 is 1.99. The average Bonchev–Trinajstić information content (AvgIpc) is 2.74. The average molecular weight is 149 g/mol. The fourth-order valence-electron chi connectivity index (χ4n) is 0.829. The van der Waals surface area contributed by atoms with E-state index in [4.69, 9.17) is 0 Å². The van der Waals surface area contributed by atoms with E-state index in [1.54, 1.807) is 0 Å². The number of thioether (sulfide) groups is 1. The second-order valence-electron chi connectivity index (χ2n) is 2.55. The molecule has 1 heteroatoms. The smallest absolute Gasteiger partial charge is 0.00952 e. The summed E-state index contributed by atoms with van der Waals surface area (Å²) in [5, 5.41) is 0.919. The molecule has 0 saturated heterocycles. The van der Waals surface area contributed by atoms with E-state index >= 15 is 0 Å². The van der Waals surface area contributed by atoms with Gasteiger partial charge in [-0.3, -0.25) is 0 Å². The van der Waals surface area contributed by atoms with Crippen LogP contribution in [0.5, 0.6) is 0 Å². The Labute approximate surface area is 65.6 Å². The van der Waals surface area contributed by atoms with E-state index in [2.05, 4.69) is 18.2 Å². The van der Waals surface area contributed by atoms with E-state index in [1.807, 2.05) is 23.9 Å². The quantitative estimate of drug-likeness (QED) is 0.623. The first kappa shape index (κ1) is 6.29. The van der Waals surface area contributed by atoms with Crippen molar-refractivity contribution in [2.24, 2.45) is 0 Å². The van der Waals surface area contributed by atoms with E-state index in [0.717, 1.165) is 5.25 Å². The number of benzene rings is 1. The van der Waals surface area contributed by atoms with Crippen LogP contribution >= 0.6 is 11.8 Å². The van der Waals surface area contributed by atoms with E-state index in [9.17, 15) is 0 Å². The molecular formula is C9H9S. The molecule has 1 fully saturated rings. The lowest BCUT2D eigenvalue weighted by atomic mass is 10.4. The Morgan fingerprint density at radius 3 is 2.60 bits per heavy atom. The Morgan fingerprint density at radius 1 is 1.30 bits per heavy atom. The van der Waals surface area contributed by atoms with Crippen LogP contribution in [0.4, 0.5) is 0 Å². The fourth-order valence-corrected chi connectivity index (χ4v) is 1.88. The van der Waals surface area contributed by atoms with Gasteiger partial charge in [0.15, 0.2) is 0 Å². The molecule has 0 amide bonds. The summed E-state index contributed by atoms with van der Waals surface area (Å²) < 4.78 is 0. The van der Waals surface area contributed by atoms with Gasteiger partial charge in [-0.05, 0) is 31.0 Å². The molecule has 1 saturated carbocycles. The Kier molecular flexibility index (Phi) is 1.68. The van der Waals surface area contributed by atoms with Gasteiger partial charge in [-0.2, -0.15) is 0 Å². The molecule has 1 aromatic rings. The van der Waals surface area contributed by atoms with E-state index in [-0.39, 0.29) is 0 Å². The van der Waals surface area contributed by atoms with Crippen LogP contribution in [0.1, 0.15) is 12.8 Å². The maximum Gasteiger partial charge on any atom is 0.00952 e. The zero-order valence-corrected chi connectivity index (χ0v) is 6.53. The van der Waals surface area contributed by atoms with Crippen molar-refractivity contribution in [3.05, 3.63) is 30.3 Å². The number of hydrogen-bond acceptors (Lipinski definition) is 1. The Bertz CT molecular complexity index is 201. The first-order chi connectivity index (χ1) is 4.95. The van der Waals surface area contributed by atoms with Gasteiger partial charge in [-0.15, -0.1) is 11.8 Å². The number of rotatable bonds is 2. The van der Waals surface area contributed by atoms with Gasteiger partial charge < -0.3 is 0 Å². The lowest BCUT2D eigenvalue weighted by molar-refractivity contribution is 1.42. The van der Waals surface area contributed by atoms with Gasteiger partial charge in [0.05, 0.1) is 0 Å². The van der Waals surface area contributed by atoms with Crippen molar-refractivity contribution < 1.29 is 0 Å². The molecule has 1 aliphatic carbocycles. The summed E-state index contributed by atoms with van der Waals surface area (Å²) in [6.45, 7) is 0. The molecule has 10 heavy (non-hydrogen) atoms. The SMILES string of the molecule is [c]1ccc(SC2CC2)cc1. The third-order valence-corrected chi connectivity index (χ3v) is 2.86. The van der Waals surface area contributed by atoms with Crippen LogP contribution in [0.3, 0.4) is 0 Å². The van der Waals surface area contributed by atoms with E-state index in [0.29, 0.717) is 0 Å². The van der Waals surface area contributed by atoms with Crippen molar-refractivity contribution in [3.8, 4) is 0 Å². The van der Waals surface area contributed by atoms with Crippen LogP contribution in [0.15, 0.2) is 29.2 Å². The van der Waals surface area contributed by atoms with Crippen LogP contribution in [-0.4, -0.2) is 5.25 Å². The molecule has 0 N–H and O–H groups in total. The Balaban J connectivity index is 2.03. The van der Waals surface area contributed by atoms with Gasteiger partial charge in [-0.25, -0.2) is 0 Å². The molecule has 51 valence electrons. The Morgan fingerprint density at radius 2 is 2.00 bits per heavy atom. The lowest BCUT2D eigenvalue weighted by Crippen LogP contribution is -1.72. The first-order valence-corrected chi connectivity index (χ1v) is 4.46. The maximum absolute atomic E-state index is 3.01. The minimum atomic E-state index is 0.919. The largest absolute Gasteiger partial charge is 0.123 e. The third-order valence-electron chi connectivity index (χ3n) is 1.51. The summed E-state index contributed by atoms with van der Waals surface area (Å²) in [6.07, 6.45) is 2.81. The molecule has 0 unspecified atom stereocenters. The highest BCUT2D eigenvalue weighted by Crippen LogP contribution is 2.38. The van der Waals surface area contributed by atoms with Crippen molar-refractivity contribution in [1.29, 1.82) is 0 Å². The topological polar surface area (TPSA) is 0 Å². The molecule has 0 atom stereocenters. The maximum atomic E-state index is 3.01. The molecule has 0 nitrogen and oxygen atoms in total. The van der Waals surface area contributed by atoms with Crippen molar-refractivity contribution >= 4 is 11.8 Å². The Hall–Kier alpha value is -0.430. The van der Waals surface area contributed by atoms with Crippen LogP contribution < -0.4 is 0 Å². The molecule has 0 spiro atoms. The van der Waals surface area contributed by atoms with Gasteiger partial charge in [0.25, 0.3) is 0 Å². The van der Waals surface area contributed by atoms with Crippen molar-refractivity contribution in [2.45, 2.75) is 23.0 Å². The third kappa shape index (κ3) is 1.54. The van der Waals surface area contributed by atoms with Crippen molar-refractivity contribution in [3.63, 3.8) is 0 Å². The van der Waals surface area contributed by atoms with E-state index in [1.165, 1.54) is 17.7 Å². The molecule has 1 radical (unpaired) electrons. The van der Waals surface area contributed by atoms with Crippen LogP contribution in [0, 0.1) is 6.07 Å². The molecule has 1 aromatic carbocycles. The van der Waals surface area contributed by atoms with Gasteiger partial charge in [0.2, 0.25) is 0 Å².